The number of benzene rings is 2. The molecule has 0 unspecified atom stereocenters. The Morgan fingerprint density at radius 3 is 2.42 bits per heavy atom. The summed E-state index contributed by atoms with van der Waals surface area (Å²) in [5.41, 5.74) is 4.42. The van der Waals surface area contributed by atoms with Gasteiger partial charge in [-0.3, -0.25) is 4.79 Å². The van der Waals surface area contributed by atoms with E-state index in [0.717, 1.165) is 17.7 Å². The second-order valence-electron chi connectivity index (χ2n) is 7.58. The van der Waals surface area contributed by atoms with E-state index in [4.69, 9.17) is 0 Å². The molecular formula is C21H26N2O3. The second-order valence-corrected chi connectivity index (χ2v) is 7.58. The van der Waals surface area contributed by atoms with Crippen LogP contribution < -0.4 is 0 Å². The zero-order chi connectivity index (χ0) is 19.0. The van der Waals surface area contributed by atoms with E-state index in [-0.39, 0.29) is 28.9 Å². The Hall–Kier alpha value is -2.53. The van der Waals surface area contributed by atoms with Crippen LogP contribution in [0, 0.1) is 0 Å². The molecule has 5 heteroatoms. The predicted molar refractivity (Wildman–Crippen MR) is 101 cm³/mol. The number of hydrogen-bond acceptors (Lipinski definition) is 4. The highest BCUT2D eigenvalue weighted by atomic mass is 16.3. The number of rotatable bonds is 4. The zero-order valence-corrected chi connectivity index (χ0v) is 15.8. The summed E-state index contributed by atoms with van der Waals surface area (Å²) in [5.74, 6) is -0.311. The quantitative estimate of drug-likeness (QED) is 0.883. The summed E-state index contributed by atoms with van der Waals surface area (Å²) in [5, 5.41) is 20.2. The first-order chi connectivity index (χ1) is 12.3. The van der Waals surface area contributed by atoms with Gasteiger partial charge in [-0.05, 0) is 48.3 Å². The fourth-order valence-electron chi connectivity index (χ4n) is 3.45. The van der Waals surface area contributed by atoms with Gasteiger partial charge < -0.3 is 20.0 Å². The van der Waals surface area contributed by atoms with E-state index in [1.807, 2.05) is 27.9 Å². The summed E-state index contributed by atoms with van der Waals surface area (Å²) in [7, 11) is 4.06. The first kappa shape index (κ1) is 18.3. The van der Waals surface area contributed by atoms with E-state index in [1.54, 1.807) is 11.0 Å². The van der Waals surface area contributed by atoms with Gasteiger partial charge in [0.2, 0.25) is 0 Å². The van der Waals surface area contributed by atoms with Crippen molar-refractivity contribution in [1.82, 2.24) is 9.80 Å². The number of aromatic hydroxyl groups is 2. The maximum Gasteiger partial charge on any atom is 0.258 e. The molecule has 26 heavy (non-hydrogen) atoms. The Labute approximate surface area is 154 Å². The lowest BCUT2D eigenvalue weighted by atomic mass is 9.98. The van der Waals surface area contributed by atoms with E-state index in [9.17, 15) is 15.0 Å². The average Bonchev–Trinajstić information content (AvgIpc) is 2.96. The van der Waals surface area contributed by atoms with Crippen molar-refractivity contribution in [1.29, 1.82) is 0 Å². The standard InChI is InChI=1S/C21H26N2O3/c1-13(2)17-8-18(20(25)9-19(17)24)21(26)23-11-15-6-5-14(10-22(3)4)7-16(15)12-23/h5-9,13,24-25H,10-12H2,1-4H3. The highest BCUT2D eigenvalue weighted by molar-refractivity contribution is 5.97. The van der Waals surface area contributed by atoms with Gasteiger partial charge in [-0.1, -0.05) is 32.0 Å². The molecule has 0 fully saturated rings. The number of hydrogen-bond donors (Lipinski definition) is 2. The van der Waals surface area contributed by atoms with Gasteiger partial charge in [0.1, 0.15) is 11.5 Å². The van der Waals surface area contributed by atoms with Crippen LogP contribution in [0.2, 0.25) is 0 Å². The average molecular weight is 354 g/mol. The number of nitrogens with zero attached hydrogens (tertiary/aromatic N) is 2. The fourth-order valence-corrected chi connectivity index (χ4v) is 3.45. The molecular weight excluding hydrogens is 328 g/mol. The molecule has 0 bridgehead atoms. The van der Waals surface area contributed by atoms with Gasteiger partial charge in [0, 0.05) is 25.7 Å². The van der Waals surface area contributed by atoms with Crippen molar-refractivity contribution in [3.63, 3.8) is 0 Å². The van der Waals surface area contributed by atoms with Crippen molar-refractivity contribution in [2.24, 2.45) is 0 Å². The number of phenols is 2. The van der Waals surface area contributed by atoms with Crippen LogP contribution in [-0.4, -0.2) is 40.0 Å². The summed E-state index contributed by atoms with van der Waals surface area (Å²) < 4.78 is 0. The highest BCUT2D eigenvalue weighted by Gasteiger charge is 2.27. The number of carbonyl (C=O) groups is 1. The number of phenolic OH excluding ortho intramolecular Hbond substituents is 2. The molecule has 2 aromatic carbocycles. The van der Waals surface area contributed by atoms with Crippen molar-refractivity contribution in [2.75, 3.05) is 14.1 Å². The normalized spacial score (nSPS) is 13.5. The van der Waals surface area contributed by atoms with Crippen molar-refractivity contribution >= 4 is 5.91 Å². The molecule has 0 saturated heterocycles. The minimum absolute atomic E-state index is 0.0204. The molecule has 0 atom stereocenters. The van der Waals surface area contributed by atoms with Gasteiger partial charge in [-0.2, -0.15) is 0 Å². The van der Waals surface area contributed by atoms with Crippen LogP contribution in [-0.2, 0) is 19.6 Å². The molecule has 1 aliphatic heterocycles. The van der Waals surface area contributed by atoms with E-state index in [0.29, 0.717) is 18.7 Å². The van der Waals surface area contributed by atoms with Gasteiger partial charge >= 0.3 is 0 Å². The third-order valence-corrected chi connectivity index (χ3v) is 4.78. The Balaban J connectivity index is 1.85. The van der Waals surface area contributed by atoms with E-state index in [1.165, 1.54) is 11.6 Å². The molecule has 1 aliphatic rings. The molecule has 0 radical (unpaired) electrons. The monoisotopic (exact) mass is 354 g/mol. The number of fused-ring (bicyclic) bond motifs is 1. The molecule has 1 heterocycles. The molecule has 2 N–H and O–H groups in total. The lowest BCUT2D eigenvalue weighted by Crippen LogP contribution is -2.25. The second kappa shape index (κ2) is 7.00. The predicted octanol–water partition coefficient (Wildman–Crippen LogP) is 3.44. The molecule has 0 aliphatic carbocycles. The van der Waals surface area contributed by atoms with Crippen molar-refractivity contribution in [3.8, 4) is 11.5 Å². The fraction of sp³-hybridized carbons (Fsp3) is 0.381. The van der Waals surface area contributed by atoms with Gasteiger partial charge in [-0.15, -0.1) is 0 Å². The minimum atomic E-state index is -0.213. The minimum Gasteiger partial charge on any atom is -0.508 e. The summed E-state index contributed by atoms with van der Waals surface area (Å²) >= 11 is 0. The van der Waals surface area contributed by atoms with Gasteiger partial charge in [0.15, 0.2) is 0 Å². The molecule has 0 saturated carbocycles. The van der Waals surface area contributed by atoms with Crippen LogP contribution in [0.3, 0.4) is 0 Å². The summed E-state index contributed by atoms with van der Waals surface area (Å²) in [4.78, 5) is 16.8. The first-order valence-corrected chi connectivity index (χ1v) is 8.86. The lowest BCUT2D eigenvalue weighted by molar-refractivity contribution is 0.0748. The van der Waals surface area contributed by atoms with Crippen LogP contribution >= 0.6 is 0 Å². The Morgan fingerprint density at radius 2 is 1.77 bits per heavy atom. The van der Waals surface area contributed by atoms with Crippen LogP contribution in [0.4, 0.5) is 0 Å². The van der Waals surface area contributed by atoms with Crippen LogP contribution in [0.15, 0.2) is 30.3 Å². The number of amides is 1. The third-order valence-electron chi connectivity index (χ3n) is 4.78. The maximum absolute atomic E-state index is 13.0. The van der Waals surface area contributed by atoms with E-state index in [2.05, 4.69) is 23.1 Å². The summed E-state index contributed by atoms with van der Waals surface area (Å²) in [6.07, 6.45) is 0. The summed E-state index contributed by atoms with van der Waals surface area (Å²) in [6, 6.07) is 9.21. The molecule has 3 rings (SSSR count). The first-order valence-electron chi connectivity index (χ1n) is 8.86. The van der Waals surface area contributed by atoms with E-state index >= 15 is 0 Å². The third kappa shape index (κ3) is 3.53. The summed E-state index contributed by atoms with van der Waals surface area (Å²) in [6.45, 7) is 5.81. The van der Waals surface area contributed by atoms with Crippen LogP contribution in [0.25, 0.3) is 0 Å². The van der Waals surface area contributed by atoms with Crippen molar-refractivity contribution in [3.05, 3.63) is 58.1 Å². The van der Waals surface area contributed by atoms with Gasteiger partial charge in [0.25, 0.3) is 5.91 Å². The Morgan fingerprint density at radius 1 is 1.08 bits per heavy atom. The zero-order valence-electron chi connectivity index (χ0n) is 15.8. The Bertz CT molecular complexity index is 843. The molecule has 5 nitrogen and oxygen atoms in total. The SMILES string of the molecule is CC(C)c1cc(C(=O)N2Cc3ccc(CN(C)C)cc3C2)c(O)cc1O. The lowest BCUT2D eigenvalue weighted by Gasteiger charge is -2.18. The van der Waals surface area contributed by atoms with Crippen molar-refractivity contribution < 1.29 is 15.0 Å². The van der Waals surface area contributed by atoms with E-state index < -0.39 is 0 Å². The van der Waals surface area contributed by atoms with Gasteiger partial charge in [-0.25, -0.2) is 0 Å². The molecule has 0 aromatic heterocycles. The Kier molecular flexibility index (Phi) is 4.92. The van der Waals surface area contributed by atoms with Gasteiger partial charge in [0.05, 0.1) is 5.56 Å². The van der Waals surface area contributed by atoms with Crippen LogP contribution in [0.1, 0.15) is 52.4 Å². The van der Waals surface area contributed by atoms with Crippen LogP contribution in [0.5, 0.6) is 11.5 Å². The molecule has 138 valence electrons. The highest BCUT2D eigenvalue weighted by Crippen LogP contribution is 2.34. The maximum atomic E-state index is 13.0. The topological polar surface area (TPSA) is 64.0 Å². The largest absolute Gasteiger partial charge is 0.508 e. The smallest absolute Gasteiger partial charge is 0.258 e. The number of carbonyl (C=O) groups excluding carboxylic acids is 1. The molecule has 0 spiro atoms. The molecule has 1 amide bonds. The van der Waals surface area contributed by atoms with Crippen molar-refractivity contribution in [2.45, 2.75) is 39.4 Å². The molecule has 2 aromatic rings.